The van der Waals surface area contributed by atoms with Gasteiger partial charge in [-0.2, -0.15) is 0 Å². The second-order valence-electron chi connectivity index (χ2n) is 5.63. The van der Waals surface area contributed by atoms with Crippen molar-refractivity contribution in [3.05, 3.63) is 0 Å². The zero-order chi connectivity index (χ0) is 11.7. The van der Waals surface area contributed by atoms with Crippen molar-refractivity contribution in [2.45, 2.75) is 38.7 Å². The van der Waals surface area contributed by atoms with E-state index in [0.29, 0.717) is 16.9 Å². The number of nitrogens with zero attached hydrogens (tertiary/aromatic N) is 1. The van der Waals surface area contributed by atoms with Crippen molar-refractivity contribution in [3.63, 3.8) is 0 Å². The number of thiocarbonyl (C=S) groups is 1. The summed E-state index contributed by atoms with van der Waals surface area (Å²) in [5, 5.41) is 9.70. The summed E-state index contributed by atoms with van der Waals surface area (Å²) in [6.07, 6.45) is 3.26. The highest BCUT2D eigenvalue weighted by Gasteiger charge is 2.43. The van der Waals surface area contributed by atoms with Gasteiger partial charge in [-0.25, -0.2) is 0 Å². The highest BCUT2D eigenvalue weighted by atomic mass is 32.1. The molecule has 0 amide bonds. The van der Waals surface area contributed by atoms with Gasteiger partial charge in [0.1, 0.15) is 0 Å². The summed E-state index contributed by atoms with van der Waals surface area (Å²) >= 11 is 4.96. The molecular formula is C11H22N2OS. The zero-order valence-corrected chi connectivity index (χ0v) is 10.7. The Balaban J connectivity index is 2.38. The van der Waals surface area contributed by atoms with Gasteiger partial charge in [0.2, 0.25) is 0 Å². The number of rotatable bonds is 6. The molecule has 4 heteroatoms. The van der Waals surface area contributed by atoms with Gasteiger partial charge in [0.15, 0.2) is 0 Å². The lowest BCUT2D eigenvalue weighted by Crippen LogP contribution is -2.39. The summed E-state index contributed by atoms with van der Waals surface area (Å²) in [7, 11) is 2.04. The van der Waals surface area contributed by atoms with Gasteiger partial charge in [-0.3, -0.25) is 0 Å². The van der Waals surface area contributed by atoms with Crippen LogP contribution >= 0.6 is 12.2 Å². The van der Waals surface area contributed by atoms with Crippen LogP contribution < -0.4 is 5.73 Å². The number of nitrogens with two attached hydrogens (primary N) is 1. The Bertz CT molecular complexity index is 243. The molecule has 0 heterocycles. The van der Waals surface area contributed by atoms with Gasteiger partial charge in [0.25, 0.3) is 0 Å². The Morgan fingerprint density at radius 1 is 1.53 bits per heavy atom. The highest BCUT2D eigenvalue weighted by molar-refractivity contribution is 7.80. The lowest BCUT2D eigenvalue weighted by Gasteiger charge is -2.28. The fourth-order valence-corrected chi connectivity index (χ4v) is 2.53. The van der Waals surface area contributed by atoms with Crippen LogP contribution in [0.25, 0.3) is 0 Å². The first-order chi connectivity index (χ1) is 6.72. The first kappa shape index (κ1) is 12.9. The minimum absolute atomic E-state index is 0.311. The largest absolute Gasteiger partial charge is 0.393 e. The van der Waals surface area contributed by atoms with Crippen molar-refractivity contribution in [1.29, 1.82) is 0 Å². The van der Waals surface area contributed by atoms with Crippen LogP contribution in [-0.4, -0.2) is 40.7 Å². The third-order valence-corrected chi connectivity index (χ3v) is 2.91. The first-order valence-corrected chi connectivity index (χ1v) is 5.83. The minimum atomic E-state index is -0.631. The molecule has 0 bridgehead atoms. The predicted octanol–water partition coefficient (Wildman–Crippen LogP) is 1.15. The molecule has 0 atom stereocenters. The second-order valence-corrected chi connectivity index (χ2v) is 6.15. The molecule has 1 aliphatic carbocycles. The fraction of sp³-hybridized carbons (Fsp3) is 0.909. The minimum Gasteiger partial charge on any atom is -0.393 e. The van der Waals surface area contributed by atoms with Crippen LogP contribution in [0.5, 0.6) is 0 Å². The summed E-state index contributed by atoms with van der Waals surface area (Å²) < 4.78 is 0. The lowest BCUT2D eigenvalue weighted by atomic mass is 10.0. The van der Waals surface area contributed by atoms with Crippen LogP contribution in [0.1, 0.15) is 33.1 Å². The third kappa shape index (κ3) is 4.91. The maximum atomic E-state index is 9.70. The van der Waals surface area contributed by atoms with Crippen molar-refractivity contribution >= 4 is 17.2 Å². The van der Waals surface area contributed by atoms with E-state index in [2.05, 4.69) is 4.90 Å². The van der Waals surface area contributed by atoms with Gasteiger partial charge in [0.05, 0.1) is 10.6 Å². The van der Waals surface area contributed by atoms with Crippen LogP contribution in [0.15, 0.2) is 0 Å². The van der Waals surface area contributed by atoms with E-state index in [1.54, 1.807) is 0 Å². The van der Waals surface area contributed by atoms with Crippen molar-refractivity contribution in [2.75, 3.05) is 20.1 Å². The van der Waals surface area contributed by atoms with Crippen LogP contribution in [-0.2, 0) is 0 Å². The lowest BCUT2D eigenvalue weighted by molar-refractivity contribution is 0.0391. The second kappa shape index (κ2) is 4.36. The Morgan fingerprint density at radius 2 is 2.07 bits per heavy atom. The van der Waals surface area contributed by atoms with E-state index in [4.69, 9.17) is 18.0 Å². The van der Waals surface area contributed by atoms with E-state index >= 15 is 0 Å². The van der Waals surface area contributed by atoms with Gasteiger partial charge in [-0.1, -0.05) is 12.2 Å². The maximum absolute atomic E-state index is 9.70. The standard InChI is InChI=1S/C11H22N2OS/c1-10(2,14)7-13(3)8-11(4-5-11)6-9(12)15/h14H,4-8H2,1-3H3,(H2,12,15). The number of aliphatic hydroxyl groups is 1. The molecule has 1 saturated carbocycles. The molecule has 88 valence electrons. The van der Waals surface area contributed by atoms with Gasteiger partial charge in [-0.05, 0) is 39.2 Å². The molecule has 0 radical (unpaired) electrons. The van der Waals surface area contributed by atoms with Crippen molar-refractivity contribution in [2.24, 2.45) is 11.1 Å². The molecule has 0 unspecified atom stereocenters. The van der Waals surface area contributed by atoms with Crippen molar-refractivity contribution in [1.82, 2.24) is 4.90 Å². The number of hydrogen-bond acceptors (Lipinski definition) is 3. The molecule has 0 aromatic carbocycles. The van der Waals surface area contributed by atoms with Crippen molar-refractivity contribution in [3.8, 4) is 0 Å². The molecule has 0 aromatic heterocycles. The fourth-order valence-electron chi connectivity index (χ4n) is 2.23. The summed E-state index contributed by atoms with van der Waals surface area (Å²) in [6, 6.07) is 0. The molecule has 0 spiro atoms. The Hall–Kier alpha value is -0.190. The monoisotopic (exact) mass is 230 g/mol. The molecule has 0 aliphatic heterocycles. The van der Waals surface area contributed by atoms with Gasteiger partial charge < -0.3 is 15.7 Å². The highest BCUT2D eigenvalue weighted by Crippen LogP contribution is 2.49. The molecule has 1 aliphatic rings. The molecule has 0 saturated heterocycles. The van der Waals surface area contributed by atoms with Crippen LogP contribution in [0, 0.1) is 5.41 Å². The Labute approximate surface area is 97.6 Å². The third-order valence-electron chi connectivity index (χ3n) is 2.77. The maximum Gasteiger partial charge on any atom is 0.0733 e. The summed E-state index contributed by atoms with van der Waals surface area (Å²) in [5.74, 6) is 0. The molecule has 15 heavy (non-hydrogen) atoms. The van der Waals surface area contributed by atoms with Gasteiger partial charge in [0, 0.05) is 19.5 Å². The normalized spacial score (nSPS) is 19.3. The van der Waals surface area contributed by atoms with Crippen molar-refractivity contribution < 1.29 is 5.11 Å². The van der Waals surface area contributed by atoms with E-state index in [9.17, 15) is 5.11 Å². The quantitative estimate of drug-likeness (QED) is 0.672. The zero-order valence-electron chi connectivity index (χ0n) is 9.92. The molecule has 0 aromatic rings. The Morgan fingerprint density at radius 3 is 2.40 bits per heavy atom. The molecule has 1 rings (SSSR count). The van der Waals surface area contributed by atoms with Gasteiger partial charge >= 0.3 is 0 Å². The summed E-state index contributed by atoms with van der Waals surface area (Å²) in [6.45, 7) is 5.33. The number of likely N-dealkylation sites (N-methyl/N-ethyl adjacent to an activating group) is 1. The van der Waals surface area contributed by atoms with Crippen LogP contribution in [0.3, 0.4) is 0 Å². The smallest absolute Gasteiger partial charge is 0.0733 e. The van der Waals surface area contributed by atoms with Crippen LogP contribution in [0.4, 0.5) is 0 Å². The first-order valence-electron chi connectivity index (χ1n) is 5.42. The van der Waals surface area contributed by atoms with Crippen LogP contribution in [0.2, 0.25) is 0 Å². The molecule has 1 fully saturated rings. The molecular weight excluding hydrogens is 208 g/mol. The van der Waals surface area contributed by atoms with E-state index < -0.39 is 5.60 Å². The summed E-state index contributed by atoms with van der Waals surface area (Å²) in [4.78, 5) is 2.79. The Kier molecular flexibility index (Phi) is 3.74. The molecule has 3 nitrogen and oxygen atoms in total. The van der Waals surface area contributed by atoms with Gasteiger partial charge in [-0.15, -0.1) is 0 Å². The van der Waals surface area contributed by atoms with E-state index in [1.807, 2.05) is 20.9 Å². The van der Waals surface area contributed by atoms with E-state index in [1.165, 1.54) is 12.8 Å². The topological polar surface area (TPSA) is 49.5 Å². The average Bonchev–Trinajstić information content (AvgIpc) is 2.61. The van der Waals surface area contributed by atoms with E-state index in [-0.39, 0.29) is 0 Å². The number of hydrogen-bond donors (Lipinski definition) is 2. The van der Waals surface area contributed by atoms with E-state index in [0.717, 1.165) is 13.0 Å². The predicted molar refractivity (Wildman–Crippen MR) is 66.9 cm³/mol. The summed E-state index contributed by atoms with van der Waals surface area (Å²) in [5.41, 5.74) is 5.27. The average molecular weight is 230 g/mol. The molecule has 3 N–H and O–H groups in total. The SMILES string of the molecule is CN(CC(C)(C)O)CC1(CC(N)=S)CC1.